The van der Waals surface area contributed by atoms with Crippen molar-refractivity contribution in [2.24, 2.45) is 15.7 Å². The molecule has 19 heavy (non-hydrogen) atoms. The average Bonchev–Trinajstić information content (AvgIpc) is 2.78. The lowest BCUT2D eigenvalue weighted by atomic mass is 10.3. The van der Waals surface area contributed by atoms with Gasteiger partial charge >= 0.3 is 0 Å². The van der Waals surface area contributed by atoms with Crippen molar-refractivity contribution in [3.63, 3.8) is 0 Å². The Morgan fingerprint density at radius 2 is 2.37 bits per heavy atom. The Kier molecular flexibility index (Phi) is 5.72. The van der Waals surface area contributed by atoms with Crippen molar-refractivity contribution in [2.45, 2.75) is 27.0 Å². The Bertz CT molecular complexity index is 502. The van der Waals surface area contributed by atoms with E-state index in [0.29, 0.717) is 23.7 Å². The van der Waals surface area contributed by atoms with Gasteiger partial charge in [0.1, 0.15) is 11.9 Å². The second-order valence-corrected chi connectivity index (χ2v) is 4.17. The second-order valence-electron chi connectivity index (χ2n) is 3.81. The zero-order chi connectivity index (χ0) is 14.4. The maximum Gasteiger partial charge on any atom is 0.157 e. The summed E-state index contributed by atoms with van der Waals surface area (Å²) in [7, 11) is 0. The highest BCUT2D eigenvalue weighted by Crippen LogP contribution is 2.24. The third-order valence-corrected chi connectivity index (χ3v) is 2.55. The topological polar surface area (TPSA) is 77.8 Å². The first-order valence-corrected chi connectivity index (χ1v) is 6.20. The number of rotatable bonds is 6. The van der Waals surface area contributed by atoms with E-state index in [0.717, 1.165) is 0 Å². The van der Waals surface area contributed by atoms with Crippen LogP contribution in [0.4, 0.5) is 0 Å². The van der Waals surface area contributed by atoms with Gasteiger partial charge in [-0.25, -0.2) is 9.67 Å². The third-order valence-electron chi connectivity index (χ3n) is 2.28. The number of nitrogens with two attached hydrogens (primary N) is 1. The van der Waals surface area contributed by atoms with E-state index in [1.165, 1.54) is 0 Å². The second kappa shape index (κ2) is 7.06. The summed E-state index contributed by atoms with van der Waals surface area (Å²) < 4.78 is 7.11. The molecule has 0 amide bonds. The molecule has 1 aromatic heterocycles. The molecule has 0 spiro atoms. The molecule has 0 aliphatic carbocycles. The molecule has 0 aliphatic rings. The van der Waals surface area contributed by atoms with Gasteiger partial charge in [-0.1, -0.05) is 11.6 Å². The third kappa shape index (κ3) is 4.18. The molecule has 104 valence electrons. The lowest BCUT2D eigenvalue weighted by molar-refractivity contribution is 0.0159. The van der Waals surface area contributed by atoms with Crippen LogP contribution in [0.1, 0.15) is 32.6 Å². The Hall–Kier alpha value is -1.66. The molecule has 1 unspecified atom stereocenters. The number of hydrogen-bond donors (Lipinski definition) is 1. The normalized spacial score (nSPS) is 15.1. The van der Waals surface area contributed by atoms with Crippen LogP contribution in [-0.2, 0) is 4.74 Å². The minimum absolute atomic E-state index is 0.164. The van der Waals surface area contributed by atoms with Gasteiger partial charge in [0.15, 0.2) is 5.16 Å². The molecule has 7 heteroatoms. The largest absolute Gasteiger partial charge is 0.387 e. The summed E-state index contributed by atoms with van der Waals surface area (Å²) in [5, 5.41) is 4.38. The highest BCUT2D eigenvalue weighted by Gasteiger charge is 2.11. The molecular formula is C12H18ClN5O. The highest BCUT2D eigenvalue weighted by molar-refractivity contribution is 6.33. The molecule has 1 rings (SSSR count). The maximum absolute atomic E-state index is 6.04. The van der Waals surface area contributed by atoms with Crippen molar-refractivity contribution in [1.82, 2.24) is 9.78 Å². The van der Waals surface area contributed by atoms with Gasteiger partial charge in [0.05, 0.1) is 12.0 Å². The van der Waals surface area contributed by atoms with Crippen LogP contribution in [-0.4, -0.2) is 28.9 Å². The molecule has 0 aliphatic heterocycles. The Morgan fingerprint density at radius 1 is 1.68 bits per heavy atom. The first kappa shape index (κ1) is 15.4. The van der Waals surface area contributed by atoms with Crippen LogP contribution in [0.2, 0.25) is 0 Å². The fourth-order valence-electron chi connectivity index (χ4n) is 1.46. The minimum atomic E-state index is -0.164. The lowest BCUT2D eigenvalue weighted by Crippen LogP contribution is -2.09. The number of aliphatic imine (C=N–C) groups is 2. The summed E-state index contributed by atoms with van der Waals surface area (Å²) in [6.07, 6.45) is 3.24. The van der Waals surface area contributed by atoms with E-state index in [1.54, 1.807) is 24.0 Å². The Balaban J connectivity index is 3.08. The standard InChI is InChI=1S/C12H18ClN5O/c1-5-19-9(3)18-7-10(6-16-18)11(15-4)12(13)17-8(2)14/h6-7,9H,4-5H2,1-3H3,(H2,14,17)/b12-11-. The van der Waals surface area contributed by atoms with Crippen molar-refractivity contribution in [2.75, 3.05) is 6.61 Å². The first-order chi connectivity index (χ1) is 8.99. The van der Waals surface area contributed by atoms with Gasteiger partial charge in [-0.15, -0.1) is 0 Å². The molecule has 1 aromatic rings. The van der Waals surface area contributed by atoms with Gasteiger partial charge in [0, 0.05) is 18.4 Å². The monoisotopic (exact) mass is 283 g/mol. The number of aromatic nitrogens is 2. The van der Waals surface area contributed by atoms with Gasteiger partial charge in [-0.05, 0) is 27.5 Å². The summed E-state index contributed by atoms with van der Waals surface area (Å²) in [5.41, 5.74) is 6.62. The molecule has 0 fully saturated rings. The van der Waals surface area contributed by atoms with Crippen molar-refractivity contribution in [3.8, 4) is 0 Å². The van der Waals surface area contributed by atoms with E-state index in [-0.39, 0.29) is 11.4 Å². The zero-order valence-electron chi connectivity index (χ0n) is 11.3. The smallest absolute Gasteiger partial charge is 0.157 e. The van der Waals surface area contributed by atoms with Crippen molar-refractivity contribution < 1.29 is 4.74 Å². The van der Waals surface area contributed by atoms with Crippen LogP contribution < -0.4 is 5.73 Å². The van der Waals surface area contributed by atoms with Gasteiger partial charge in [0.25, 0.3) is 0 Å². The molecule has 0 radical (unpaired) electrons. The van der Waals surface area contributed by atoms with E-state index < -0.39 is 0 Å². The van der Waals surface area contributed by atoms with Gasteiger partial charge in [0.2, 0.25) is 0 Å². The molecule has 2 N–H and O–H groups in total. The SMILES string of the molecule is C=N/C(=C(/Cl)N=C(C)N)c1cnn(C(C)OCC)c1. The maximum atomic E-state index is 6.04. The summed E-state index contributed by atoms with van der Waals surface area (Å²) in [6.45, 7) is 9.56. The molecular weight excluding hydrogens is 266 g/mol. The predicted octanol–water partition coefficient (Wildman–Crippen LogP) is 2.38. The van der Waals surface area contributed by atoms with Crippen LogP contribution in [0.25, 0.3) is 5.70 Å². The Morgan fingerprint density at radius 3 is 2.89 bits per heavy atom. The van der Waals surface area contributed by atoms with Gasteiger partial charge in [-0.3, -0.25) is 4.99 Å². The first-order valence-electron chi connectivity index (χ1n) is 5.83. The molecule has 1 heterocycles. The number of halogens is 1. The quantitative estimate of drug-likeness (QED) is 0.495. The molecule has 6 nitrogen and oxygen atoms in total. The van der Waals surface area contributed by atoms with Crippen molar-refractivity contribution >= 4 is 29.9 Å². The van der Waals surface area contributed by atoms with Crippen LogP contribution in [0.5, 0.6) is 0 Å². The fraction of sp³-hybridized carbons (Fsp3) is 0.417. The summed E-state index contributed by atoms with van der Waals surface area (Å²) in [6, 6.07) is 0. The minimum Gasteiger partial charge on any atom is -0.387 e. The van der Waals surface area contributed by atoms with Crippen LogP contribution in [0.3, 0.4) is 0 Å². The number of amidine groups is 1. The molecule has 1 atom stereocenters. The molecule has 0 bridgehead atoms. The van der Waals surface area contributed by atoms with E-state index in [2.05, 4.69) is 21.8 Å². The lowest BCUT2D eigenvalue weighted by Gasteiger charge is -2.11. The highest BCUT2D eigenvalue weighted by atomic mass is 35.5. The average molecular weight is 284 g/mol. The summed E-state index contributed by atoms with van der Waals surface area (Å²) >= 11 is 6.04. The Labute approximate surface area is 117 Å². The van der Waals surface area contributed by atoms with E-state index >= 15 is 0 Å². The van der Waals surface area contributed by atoms with Crippen LogP contribution in [0.15, 0.2) is 27.5 Å². The van der Waals surface area contributed by atoms with Gasteiger partial charge in [-0.2, -0.15) is 5.10 Å². The predicted molar refractivity (Wildman–Crippen MR) is 78.2 cm³/mol. The van der Waals surface area contributed by atoms with Crippen molar-refractivity contribution in [1.29, 1.82) is 0 Å². The molecule has 0 aromatic carbocycles. The zero-order valence-corrected chi connectivity index (χ0v) is 12.1. The van der Waals surface area contributed by atoms with Gasteiger partial charge < -0.3 is 10.5 Å². The van der Waals surface area contributed by atoms with Crippen LogP contribution in [0, 0.1) is 0 Å². The van der Waals surface area contributed by atoms with E-state index in [9.17, 15) is 0 Å². The fourth-order valence-corrected chi connectivity index (χ4v) is 1.76. The molecule has 0 saturated carbocycles. The molecule has 0 saturated heterocycles. The summed E-state index contributed by atoms with van der Waals surface area (Å²) in [5.74, 6) is 0.348. The van der Waals surface area contributed by atoms with Crippen LogP contribution >= 0.6 is 11.6 Å². The number of ether oxygens (including phenoxy) is 1. The van der Waals surface area contributed by atoms with E-state index in [1.807, 2.05) is 13.8 Å². The van der Waals surface area contributed by atoms with Crippen molar-refractivity contribution in [3.05, 3.63) is 23.1 Å². The number of nitrogens with zero attached hydrogens (tertiary/aromatic N) is 4. The summed E-state index contributed by atoms with van der Waals surface area (Å²) in [4.78, 5) is 7.82. The number of hydrogen-bond acceptors (Lipinski definition) is 4. The van der Waals surface area contributed by atoms with E-state index in [4.69, 9.17) is 22.1 Å².